The summed E-state index contributed by atoms with van der Waals surface area (Å²) in [5, 5.41) is 0. The third-order valence-corrected chi connectivity index (χ3v) is 8.79. The second-order valence-corrected chi connectivity index (χ2v) is 11.5. The van der Waals surface area contributed by atoms with Gasteiger partial charge in [-0.05, 0) is 80.1 Å². The molecule has 0 radical (unpaired) electrons. The van der Waals surface area contributed by atoms with Crippen molar-refractivity contribution in [2.45, 2.75) is 56.9 Å². The molecule has 2 amide bonds. The Balaban J connectivity index is 1.10. The predicted octanol–water partition coefficient (Wildman–Crippen LogP) is 5.21. The molecule has 5 rings (SSSR count). The normalized spacial score (nSPS) is 23.6. The van der Waals surface area contributed by atoms with Crippen molar-refractivity contribution < 1.29 is 31.9 Å². The number of amides is 2. The number of primary amides is 1. The van der Waals surface area contributed by atoms with Crippen LogP contribution in [0.5, 0.6) is 5.75 Å². The van der Waals surface area contributed by atoms with Gasteiger partial charge in [0.1, 0.15) is 18.0 Å². The Labute approximate surface area is 231 Å². The van der Waals surface area contributed by atoms with Crippen LogP contribution in [0.15, 0.2) is 48.5 Å². The van der Waals surface area contributed by atoms with Crippen molar-refractivity contribution in [1.29, 1.82) is 0 Å². The Kier molecular flexibility index (Phi) is 8.08. The Morgan fingerprint density at radius 3 is 2.10 bits per heavy atom. The van der Waals surface area contributed by atoms with Crippen molar-refractivity contribution in [3.8, 4) is 16.9 Å². The molecular formula is C30H35F4N3O3. The number of carbonyl (C=O) groups is 2. The van der Waals surface area contributed by atoms with Crippen LogP contribution in [0.25, 0.3) is 11.1 Å². The van der Waals surface area contributed by atoms with Gasteiger partial charge in [-0.1, -0.05) is 30.7 Å². The molecule has 2 aromatic carbocycles. The summed E-state index contributed by atoms with van der Waals surface area (Å²) < 4.78 is 60.3. The number of halogens is 4. The van der Waals surface area contributed by atoms with Gasteiger partial charge in [0.15, 0.2) is 0 Å². The van der Waals surface area contributed by atoms with E-state index in [-0.39, 0.29) is 32.4 Å². The first-order valence-corrected chi connectivity index (χ1v) is 13.9. The van der Waals surface area contributed by atoms with Crippen molar-refractivity contribution in [2.75, 3.05) is 32.8 Å². The van der Waals surface area contributed by atoms with Crippen LogP contribution in [-0.4, -0.2) is 72.8 Å². The summed E-state index contributed by atoms with van der Waals surface area (Å²) in [6.45, 7) is 1.83. The van der Waals surface area contributed by atoms with Crippen LogP contribution in [0.2, 0.25) is 0 Å². The van der Waals surface area contributed by atoms with Gasteiger partial charge in [-0.15, -0.1) is 0 Å². The van der Waals surface area contributed by atoms with Crippen LogP contribution < -0.4 is 10.5 Å². The Morgan fingerprint density at radius 1 is 0.975 bits per heavy atom. The van der Waals surface area contributed by atoms with Gasteiger partial charge in [-0.3, -0.25) is 9.59 Å². The molecule has 2 aliphatic heterocycles. The molecule has 2 heterocycles. The van der Waals surface area contributed by atoms with E-state index in [1.54, 1.807) is 24.3 Å². The molecule has 6 nitrogen and oxygen atoms in total. The topological polar surface area (TPSA) is 75.9 Å². The van der Waals surface area contributed by atoms with Crippen LogP contribution in [0.3, 0.4) is 0 Å². The van der Waals surface area contributed by atoms with E-state index in [9.17, 15) is 27.2 Å². The molecule has 3 fully saturated rings. The number of ether oxygens (including phenoxy) is 1. The summed E-state index contributed by atoms with van der Waals surface area (Å²) in [5.74, 6) is -0.105. The van der Waals surface area contributed by atoms with E-state index < -0.39 is 35.6 Å². The molecule has 10 heteroatoms. The van der Waals surface area contributed by atoms with E-state index in [1.165, 1.54) is 4.90 Å². The highest BCUT2D eigenvalue weighted by Gasteiger charge is 2.58. The fourth-order valence-electron chi connectivity index (χ4n) is 6.08. The largest absolute Gasteiger partial charge is 0.493 e. The molecule has 2 atom stereocenters. The summed E-state index contributed by atoms with van der Waals surface area (Å²) in [6, 6.07) is 13.5. The van der Waals surface area contributed by atoms with E-state index in [1.807, 2.05) is 29.2 Å². The molecule has 2 saturated heterocycles. The molecular weight excluding hydrogens is 526 g/mol. The van der Waals surface area contributed by atoms with Crippen LogP contribution in [0.1, 0.15) is 48.9 Å². The number of benzene rings is 2. The molecule has 0 spiro atoms. The molecule has 0 bridgehead atoms. The molecule has 40 heavy (non-hydrogen) atoms. The molecule has 2 N–H and O–H groups in total. The van der Waals surface area contributed by atoms with Crippen molar-refractivity contribution >= 4 is 11.8 Å². The zero-order valence-corrected chi connectivity index (χ0v) is 22.3. The summed E-state index contributed by atoms with van der Waals surface area (Å²) in [5.41, 5.74) is 6.00. The molecule has 2 aromatic rings. The SMILES string of the molecule is NC(=O)[C@@H]1C[C@H](F)CN1C(=O)c1ccc(-c2ccc(OCC3CCN(CC4(C(F)(F)F)CCC4)CC3)cc2)cc1. The van der Waals surface area contributed by atoms with Crippen molar-refractivity contribution in [3.05, 3.63) is 54.1 Å². The molecule has 1 aliphatic carbocycles. The zero-order chi connectivity index (χ0) is 28.5. The first-order valence-electron chi connectivity index (χ1n) is 13.9. The number of piperidine rings is 1. The first-order chi connectivity index (χ1) is 19.0. The maximum Gasteiger partial charge on any atom is 0.395 e. The van der Waals surface area contributed by atoms with Gasteiger partial charge < -0.3 is 20.3 Å². The number of likely N-dealkylation sites (tertiary alicyclic amines) is 2. The average molecular weight is 562 g/mol. The Morgan fingerprint density at radius 2 is 1.57 bits per heavy atom. The summed E-state index contributed by atoms with van der Waals surface area (Å²) >= 11 is 0. The highest BCUT2D eigenvalue weighted by Crippen LogP contribution is 2.53. The number of carbonyl (C=O) groups excluding carboxylic acids is 2. The van der Waals surface area contributed by atoms with Gasteiger partial charge in [0, 0.05) is 18.5 Å². The number of nitrogens with zero attached hydrogens (tertiary/aromatic N) is 2. The van der Waals surface area contributed by atoms with Gasteiger partial charge in [0.05, 0.1) is 18.6 Å². The second-order valence-electron chi connectivity index (χ2n) is 11.5. The number of hydrogen-bond donors (Lipinski definition) is 1. The van der Waals surface area contributed by atoms with Gasteiger partial charge >= 0.3 is 6.18 Å². The minimum absolute atomic E-state index is 0.0741. The van der Waals surface area contributed by atoms with Crippen LogP contribution in [-0.2, 0) is 4.79 Å². The smallest absolute Gasteiger partial charge is 0.395 e. The van der Waals surface area contributed by atoms with Crippen LogP contribution in [0, 0.1) is 11.3 Å². The lowest BCUT2D eigenvalue weighted by molar-refractivity contribution is -0.256. The maximum atomic E-state index is 13.8. The molecule has 1 saturated carbocycles. The van der Waals surface area contributed by atoms with Crippen molar-refractivity contribution in [1.82, 2.24) is 9.80 Å². The number of rotatable bonds is 8. The first kappa shape index (κ1) is 28.4. The monoisotopic (exact) mass is 561 g/mol. The molecule has 3 aliphatic rings. The standard InChI is InChI=1S/C30H35F4N3O3/c31-24-16-26(27(35)38)37(17-24)28(39)23-4-2-21(3-5-23)22-6-8-25(9-7-22)40-18-20-10-14-36(15-11-20)19-29(12-1-13-29)30(32,33)34/h2-9,20,24,26H,1,10-19H2,(H2,35,38)/t24-,26-/m0/s1. The Hall–Kier alpha value is -3.14. The van der Waals surface area contributed by atoms with Crippen LogP contribution in [0.4, 0.5) is 17.6 Å². The average Bonchev–Trinajstić information content (AvgIpc) is 3.31. The number of hydrogen-bond acceptors (Lipinski definition) is 4. The van der Waals surface area contributed by atoms with Crippen molar-refractivity contribution in [3.63, 3.8) is 0 Å². The minimum atomic E-state index is -4.12. The van der Waals surface area contributed by atoms with Gasteiger partial charge in [-0.2, -0.15) is 13.2 Å². The van der Waals surface area contributed by atoms with Crippen LogP contribution >= 0.6 is 0 Å². The van der Waals surface area contributed by atoms with Gasteiger partial charge in [0.2, 0.25) is 5.91 Å². The summed E-state index contributed by atoms with van der Waals surface area (Å²) in [4.78, 5) is 27.6. The quantitative estimate of drug-likeness (QED) is 0.449. The minimum Gasteiger partial charge on any atom is -0.493 e. The fraction of sp³-hybridized carbons (Fsp3) is 0.533. The lowest BCUT2D eigenvalue weighted by Gasteiger charge is -2.47. The van der Waals surface area contributed by atoms with Crippen molar-refractivity contribution in [2.24, 2.45) is 17.1 Å². The Bertz CT molecular complexity index is 1190. The van der Waals surface area contributed by atoms with E-state index in [0.29, 0.717) is 37.6 Å². The molecule has 0 unspecified atom stereocenters. The van der Waals surface area contributed by atoms with E-state index in [0.717, 1.165) is 29.7 Å². The van der Waals surface area contributed by atoms with E-state index in [4.69, 9.17) is 10.5 Å². The van der Waals surface area contributed by atoms with E-state index in [2.05, 4.69) is 0 Å². The molecule has 0 aromatic heterocycles. The van der Waals surface area contributed by atoms with E-state index >= 15 is 0 Å². The maximum absolute atomic E-state index is 13.8. The lowest BCUT2D eigenvalue weighted by Crippen LogP contribution is -2.53. The summed E-state index contributed by atoms with van der Waals surface area (Å²) in [6.07, 6.45) is -2.68. The number of nitrogens with two attached hydrogens (primary N) is 1. The lowest BCUT2D eigenvalue weighted by atomic mass is 9.67. The third-order valence-electron chi connectivity index (χ3n) is 8.79. The highest BCUT2D eigenvalue weighted by atomic mass is 19.4. The molecule has 216 valence electrons. The second kappa shape index (κ2) is 11.4. The fourth-order valence-corrected chi connectivity index (χ4v) is 6.08. The van der Waals surface area contributed by atoms with Gasteiger partial charge in [0.25, 0.3) is 5.91 Å². The number of alkyl halides is 4. The van der Waals surface area contributed by atoms with Gasteiger partial charge in [-0.25, -0.2) is 4.39 Å². The third kappa shape index (κ3) is 5.96. The summed E-state index contributed by atoms with van der Waals surface area (Å²) in [7, 11) is 0. The predicted molar refractivity (Wildman–Crippen MR) is 142 cm³/mol. The zero-order valence-electron chi connectivity index (χ0n) is 22.3. The highest BCUT2D eigenvalue weighted by molar-refractivity contribution is 5.98.